The van der Waals surface area contributed by atoms with E-state index in [-0.39, 0.29) is 17.1 Å². The molecule has 0 aromatic carbocycles. The maximum absolute atomic E-state index is 12.2. The van der Waals surface area contributed by atoms with Gasteiger partial charge in [0.1, 0.15) is 5.15 Å². The average Bonchev–Trinajstić information content (AvgIpc) is 2.41. The molecule has 1 amide bonds. The number of halogens is 2. The molecule has 0 atom stereocenters. The van der Waals surface area contributed by atoms with Crippen molar-refractivity contribution in [3.63, 3.8) is 0 Å². The Morgan fingerprint density at radius 3 is 2.67 bits per heavy atom. The minimum Gasteiger partial charge on any atom is -0.349 e. The van der Waals surface area contributed by atoms with Crippen molar-refractivity contribution in [3.8, 4) is 0 Å². The second-order valence-electron chi connectivity index (χ2n) is 4.90. The first kappa shape index (κ1) is 16.7. The van der Waals surface area contributed by atoms with Crippen LogP contribution in [0.15, 0.2) is 16.7 Å². The molecule has 0 bridgehead atoms. The molecule has 1 aliphatic heterocycles. The van der Waals surface area contributed by atoms with Gasteiger partial charge in [0.25, 0.3) is 5.91 Å². The van der Waals surface area contributed by atoms with Crippen molar-refractivity contribution in [1.82, 2.24) is 14.6 Å². The van der Waals surface area contributed by atoms with Gasteiger partial charge in [-0.05, 0) is 34.8 Å². The topological polar surface area (TPSA) is 79.4 Å². The molecule has 21 heavy (non-hydrogen) atoms. The Hall–Kier alpha value is -0.700. The third-order valence-corrected chi connectivity index (χ3v) is 5.35. The number of nitrogens with one attached hydrogen (secondary N) is 1. The Labute approximate surface area is 137 Å². The van der Waals surface area contributed by atoms with Crippen LogP contribution in [-0.2, 0) is 10.0 Å². The molecule has 0 spiro atoms. The predicted octanol–water partition coefficient (Wildman–Crippen LogP) is 1.65. The summed E-state index contributed by atoms with van der Waals surface area (Å²) in [6, 6.07) is 1.54. The number of rotatable bonds is 3. The number of hydrogen-bond acceptors (Lipinski definition) is 4. The molecular weight excluding hydrogens is 382 g/mol. The van der Waals surface area contributed by atoms with Crippen LogP contribution in [-0.4, -0.2) is 49.0 Å². The minimum absolute atomic E-state index is 0.0643. The SMILES string of the molecule is CS(=O)(=O)N1CCC(NC(=O)c2cc(Br)cnc2Cl)CC1. The first-order valence-corrected chi connectivity index (χ1v) is 9.36. The molecule has 9 heteroatoms. The van der Waals surface area contributed by atoms with Gasteiger partial charge in [0.15, 0.2) is 0 Å². The highest BCUT2D eigenvalue weighted by atomic mass is 79.9. The van der Waals surface area contributed by atoms with Gasteiger partial charge in [-0.1, -0.05) is 11.6 Å². The highest BCUT2D eigenvalue weighted by Gasteiger charge is 2.26. The third kappa shape index (κ3) is 4.38. The lowest BCUT2D eigenvalue weighted by Gasteiger charge is -2.30. The molecule has 1 N–H and O–H groups in total. The molecule has 0 radical (unpaired) electrons. The summed E-state index contributed by atoms with van der Waals surface area (Å²) >= 11 is 9.16. The van der Waals surface area contributed by atoms with E-state index in [1.807, 2.05) is 0 Å². The lowest BCUT2D eigenvalue weighted by molar-refractivity contribution is 0.0923. The van der Waals surface area contributed by atoms with Crippen LogP contribution in [0, 0.1) is 0 Å². The summed E-state index contributed by atoms with van der Waals surface area (Å²) < 4.78 is 24.9. The highest BCUT2D eigenvalue weighted by molar-refractivity contribution is 9.10. The van der Waals surface area contributed by atoms with Gasteiger partial charge in [0, 0.05) is 29.8 Å². The van der Waals surface area contributed by atoms with E-state index < -0.39 is 10.0 Å². The van der Waals surface area contributed by atoms with Gasteiger partial charge in [-0.25, -0.2) is 17.7 Å². The molecule has 1 saturated heterocycles. The van der Waals surface area contributed by atoms with Crippen LogP contribution in [0.25, 0.3) is 0 Å². The van der Waals surface area contributed by atoms with E-state index in [9.17, 15) is 13.2 Å². The molecule has 1 aromatic heterocycles. The summed E-state index contributed by atoms with van der Waals surface area (Å²) in [5, 5.41) is 3.01. The van der Waals surface area contributed by atoms with Gasteiger partial charge in [-0.3, -0.25) is 4.79 Å². The maximum atomic E-state index is 12.2. The monoisotopic (exact) mass is 395 g/mol. The van der Waals surface area contributed by atoms with Crippen molar-refractivity contribution >= 4 is 43.5 Å². The smallest absolute Gasteiger partial charge is 0.254 e. The zero-order chi connectivity index (χ0) is 15.6. The van der Waals surface area contributed by atoms with Crippen molar-refractivity contribution in [2.75, 3.05) is 19.3 Å². The number of pyridine rings is 1. The number of amides is 1. The predicted molar refractivity (Wildman–Crippen MR) is 83.9 cm³/mol. The number of nitrogens with zero attached hydrogens (tertiary/aromatic N) is 2. The van der Waals surface area contributed by atoms with E-state index in [4.69, 9.17) is 11.6 Å². The summed E-state index contributed by atoms with van der Waals surface area (Å²) in [4.78, 5) is 16.1. The lowest BCUT2D eigenvalue weighted by atomic mass is 10.1. The number of piperidine rings is 1. The number of carbonyl (C=O) groups excluding carboxylic acids is 1. The van der Waals surface area contributed by atoms with Crippen molar-refractivity contribution in [2.24, 2.45) is 0 Å². The Kier molecular flexibility index (Phi) is 5.24. The first-order chi connectivity index (χ1) is 9.77. The Morgan fingerprint density at radius 2 is 2.10 bits per heavy atom. The van der Waals surface area contributed by atoms with Crippen molar-refractivity contribution in [2.45, 2.75) is 18.9 Å². The van der Waals surface area contributed by atoms with Gasteiger partial charge in [0.2, 0.25) is 10.0 Å². The summed E-state index contributed by atoms with van der Waals surface area (Å²) in [5.74, 6) is -0.299. The lowest BCUT2D eigenvalue weighted by Crippen LogP contribution is -2.46. The van der Waals surface area contributed by atoms with Gasteiger partial charge < -0.3 is 5.32 Å². The normalized spacial score (nSPS) is 17.7. The molecule has 2 rings (SSSR count). The third-order valence-electron chi connectivity index (χ3n) is 3.31. The van der Waals surface area contributed by atoms with Crippen LogP contribution < -0.4 is 5.32 Å². The standard InChI is InChI=1S/C12H15BrClN3O3S/c1-21(19,20)17-4-2-9(3-5-17)16-12(18)10-6-8(13)7-15-11(10)14/h6-7,9H,2-5H2,1H3,(H,16,18). The molecular formula is C12H15BrClN3O3S. The maximum Gasteiger partial charge on any atom is 0.254 e. The quantitative estimate of drug-likeness (QED) is 0.788. The van der Waals surface area contributed by atoms with Crippen LogP contribution in [0.1, 0.15) is 23.2 Å². The van der Waals surface area contributed by atoms with Crippen LogP contribution in [0.2, 0.25) is 5.15 Å². The van der Waals surface area contributed by atoms with Crippen molar-refractivity contribution in [1.29, 1.82) is 0 Å². The summed E-state index contributed by atoms with van der Waals surface area (Å²) in [6.07, 6.45) is 3.87. The van der Waals surface area contributed by atoms with Crippen LogP contribution >= 0.6 is 27.5 Å². The fourth-order valence-corrected chi connectivity index (χ4v) is 3.57. The van der Waals surface area contributed by atoms with E-state index in [2.05, 4.69) is 26.2 Å². The first-order valence-electron chi connectivity index (χ1n) is 6.34. The number of sulfonamides is 1. The highest BCUT2D eigenvalue weighted by Crippen LogP contribution is 2.19. The molecule has 0 unspecified atom stereocenters. The van der Waals surface area contributed by atoms with Gasteiger partial charge in [0.05, 0.1) is 11.8 Å². The van der Waals surface area contributed by atoms with Crippen LogP contribution in [0.5, 0.6) is 0 Å². The van der Waals surface area contributed by atoms with Crippen LogP contribution in [0.3, 0.4) is 0 Å². The molecule has 0 saturated carbocycles. The largest absolute Gasteiger partial charge is 0.349 e. The van der Waals surface area contributed by atoms with Crippen molar-refractivity contribution in [3.05, 3.63) is 27.5 Å². The van der Waals surface area contributed by atoms with Crippen molar-refractivity contribution < 1.29 is 13.2 Å². The van der Waals surface area contributed by atoms with E-state index in [1.165, 1.54) is 16.8 Å². The molecule has 1 aromatic rings. The van der Waals surface area contributed by atoms with Gasteiger partial charge in [-0.15, -0.1) is 0 Å². The summed E-state index contributed by atoms with van der Waals surface area (Å²) in [5.41, 5.74) is 0.302. The molecule has 0 aliphatic carbocycles. The molecule has 2 heterocycles. The van der Waals surface area contributed by atoms with Crippen LogP contribution in [0.4, 0.5) is 0 Å². The Bertz CT molecular complexity index is 645. The number of hydrogen-bond donors (Lipinski definition) is 1. The number of aromatic nitrogens is 1. The summed E-state index contributed by atoms with van der Waals surface area (Å²) in [6.45, 7) is 0.822. The fraction of sp³-hybridized carbons (Fsp3) is 0.500. The van der Waals surface area contributed by atoms with E-state index in [0.717, 1.165) is 0 Å². The van der Waals surface area contributed by atoms with E-state index in [0.29, 0.717) is 36.0 Å². The van der Waals surface area contributed by atoms with Gasteiger partial charge in [-0.2, -0.15) is 0 Å². The molecule has 6 nitrogen and oxygen atoms in total. The Balaban J connectivity index is 1.97. The zero-order valence-corrected chi connectivity index (χ0v) is 14.5. The number of carbonyl (C=O) groups is 1. The second kappa shape index (κ2) is 6.60. The Morgan fingerprint density at radius 1 is 1.48 bits per heavy atom. The zero-order valence-electron chi connectivity index (χ0n) is 11.3. The average molecular weight is 397 g/mol. The van der Waals surface area contributed by atoms with E-state index in [1.54, 1.807) is 6.07 Å². The summed E-state index contributed by atoms with van der Waals surface area (Å²) in [7, 11) is -3.16. The van der Waals surface area contributed by atoms with E-state index >= 15 is 0 Å². The molecule has 116 valence electrons. The minimum atomic E-state index is -3.16. The fourth-order valence-electron chi connectivity index (χ4n) is 2.18. The second-order valence-corrected chi connectivity index (χ2v) is 8.16. The molecule has 1 aliphatic rings. The molecule has 1 fully saturated rings. The van der Waals surface area contributed by atoms with Gasteiger partial charge >= 0.3 is 0 Å².